The molecule has 1 aromatic heterocycles. The van der Waals surface area contributed by atoms with Crippen LogP contribution in [0.5, 0.6) is 0 Å². The first-order valence-corrected chi connectivity index (χ1v) is 9.73. The summed E-state index contributed by atoms with van der Waals surface area (Å²) in [6.45, 7) is 3.83. The van der Waals surface area contributed by atoms with Gasteiger partial charge in [-0.3, -0.25) is 9.59 Å². The number of fused-ring (bicyclic) bond motifs is 1. The minimum atomic E-state index is -0.375. The largest absolute Gasteiger partial charge is 0.456 e. The first-order valence-electron chi connectivity index (χ1n) is 9.73. The Bertz CT molecular complexity index is 953. The van der Waals surface area contributed by atoms with Crippen LogP contribution in [0.4, 0.5) is 5.69 Å². The number of rotatable bonds is 8. The van der Waals surface area contributed by atoms with Gasteiger partial charge in [0.25, 0.3) is 5.91 Å². The number of carbonyl (C=O) groups is 2. The Labute approximate surface area is 165 Å². The van der Waals surface area contributed by atoms with Gasteiger partial charge in [-0.15, -0.1) is 0 Å². The number of para-hydroxylation sites is 2. The SMILES string of the molecule is CCc1cccc(CC)c1NC(=O)COC(=O)CCc1c[nH]c2ccccc12. The van der Waals surface area contributed by atoms with Gasteiger partial charge in [-0.25, -0.2) is 0 Å². The van der Waals surface area contributed by atoms with Crippen molar-refractivity contribution in [2.24, 2.45) is 0 Å². The molecule has 1 amide bonds. The summed E-state index contributed by atoms with van der Waals surface area (Å²) in [7, 11) is 0. The van der Waals surface area contributed by atoms with Crippen molar-refractivity contribution < 1.29 is 14.3 Å². The third-order valence-electron chi connectivity index (χ3n) is 4.90. The third-order valence-corrected chi connectivity index (χ3v) is 4.90. The fourth-order valence-corrected chi connectivity index (χ4v) is 3.37. The minimum absolute atomic E-state index is 0.237. The molecule has 3 aromatic rings. The summed E-state index contributed by atoms with van der Waals surface area (Å²) in [6.07, 6.45) is 4.38. The van der Waals surface area contributed by atoms with E-state index in [4.69, 9.17) is 4.74 Å². The van der Waals surface area contributed by atoms with E-state index in [1.807, 2.05) is 48.7 Å². The van der Waals surface area contributed by atoms with Crippen LogP contribution in [0.1, 0.15) is 37.0 Å². The van der Waals surface area contributed by atoms with Gasteiger partial charge < -0.3 is 15.0 Å². The molecule has 0 saturated heterocycles. The zero-order chi connectivity index (χ0) is 19.9. The molecule has 0 fully saturated rings. The molecule has 0 unspecified atom stereocenters. The topological polar surface area (TPSA) is 71.2 Å². The molecule has 0 aliphatic rings. The van der Waals surface area contributed by atoms with Gasteiger partial charge in [0.05, 0.1) is 0 Å². The maximum absolute atomic E-state index is 12.3. The van der Waals surface area contributed by atoms with Crippen molar-refractivity contribution in [3.05, 3.63) is 65.4 Å². The number of hydrogen-bond acceptors (Lipinski definition) is 3. The number of aromatic amines is 1. The monoisotopic (exact) mass is 378 g/mol. The summed E-state index contributed by atoms with van der Waals surface area (Å²) >= 11 is 0. The van der Waals surface area contributed by atoms with Crippen molar-refractivity contribution in [2.75, 3.05) is 11.9 Å². The first-order chi connectivity index (χ1) is 13.6. The number of aryl methyl sites for hydroxylation is 3. The lowest BCUT2D eigenvalue weighted by Crippen LogP contribution is -2.22. The van der Waals surface area contributed by atoms with Crippen LogP contribution in [-0.2, 0) is 33.6 Å². The number of hydrogen-bond donors (Lipinski definition) is 2. The number of ether oxygens (including phenoxy) is 1. The molecule has 5 heteroatoms. The molecule has 0 spiro atoms. The minimum Gasteiger partial charge on any atom is -0.456 e. The van der Waals surface area contributed by atoms with Crippen LogP contribution in [0.3, 0.4) is 0 Å². The van der Waals surface area contributed by atoms with E-state index >= 15 is 0 Å². The Morgan fingerprint density at radius 3 is 2.39 bits per heavy atom. The fraction of sp³-hybridized carbons (Fsp3) is 0.304. The normalized spacial score (nSPS) is 10.8. The Balaban J connectivity index is 1.51. The molecule has 0 aliphatic heterocycles. The lowest BCUT2D eigenvalue weighted by Gasteiger charge is -2.14. The van der Waals surface area contributed by atoms with Crippen LogP contribution in [0.15, 0.2) is 48.7 Å². The van der Waals surface area contributed by atoms with Crippen molar-refractivity contribution >= 4 is 28.5 Å². The number of benzene rings is 2. The Hall–Kier alpha value is -3.08. The summed E-state index contributed by atoms with van der Waals surface area (Å²) in [4.78, 5) is 27.5. The number of carbonyl (C=O) groups excluding carboxylic acids is 2. The van der Waals surface area contributed by atoms with Crippen LogP contribution < -0.4 is 5.32 Å². The third kappa shape index (κ3) is 4.60. The summed E-state index contributed by atoms with van der Waals surface area (Å²) in [5.41, 5.74) is 5.12. The van der Waals surface area contributed by atoms with Gasteiger partial charge in [0, 0.05) is 29.2 Å². The van der Waals surface area contributed by atoms with Crippen LogP contribution >= 0.6 is 0 Å². The van der Waals surface area contributed by atoms with E-state index in [2.05, 4.69) is 24.1 Å². The van der Waals surface area contributed by atoms with Gasteiger partial charge >= 0.3 is 5.97 Å². The van der Waals surface area contributed by atoms with Gasteiger partial charge in [-0.1, -0.05) is 50.2 Å². The van der Waals surface area contributed by atoms with Crippen molar-refractivity contribution in [2.45, 2.75) is 39.5 Å². The average Bonchev–Trinajstić information content (AvgIpc) is 3.14. The maximum atomic E-state index is 12.3. The Morgan fingerprint density at radius 2 is 1.68 bits per heavy atom. The van der Waals surface area contributed by atoms with Crippen LogP contribution in [0.2, 0.25) is 0 Å². The van der Waals surface area contributed by atoms with Crippen molar-refractivity contribution in [1.29, 1.82) is 0 Å². The standard InChI is InChI=1S/C23H26N2O3/c1-3-16-8-7-9-17(4-2)23(16)25-21(26)15-28-22(27)13-12-18-14-24-20-11-6-5-10-19(18)20/h5-11,14,24H,3-4,12-13,15H2,1-2H3,(H,25,26). The Morgan fingerprint density at radius 1 is 0.964 bits per heavy atom. The van der Waals surface area contributed by atoms with Gasteiger partial charge in [-0.2, -0.15) is 0 Å². The second kappa shape index (κ2) is 9.22. The summed E-state index contributed by atoms with van der Waals surface area (Å²) in [6, 6.07) is 14.0. The zero-order valence-corrected chi connectivity index (χ0v) is 16.4. The maximum Gasteiger partial charge on any atom is 0.306 e. The number of aromatic nitrogens is 1. The second-order valence-corrected chi connectivity index (χ2v) is 6.73. The van der Waals surface area contributed by atoms with E-state index < -0.39 is 0 Å². The van der Waals surface area contributed by atoms with Crippen molar-refractivity contribution in [3.8, 4) is 0 Å². The predicted octanol–water partition coefficient (Wildman–Crippen LogP) is 4.41. The van der Waals surface area contributed by atoms with E-state index in [0.29, 0.717) is 6.42 Å². The zero-order valence-electron chi connectivity index (χ0n) is 16.4. The average molecular weight is 378 g/mol. The molecule has 146 valence electrons. The first kappa shape index (κ1) is 19.7. The quantitative estimate of drug-likeness (QED) is 0.571. The lowest BCUT2D eigenvalue weighted by molar-refractivity contribution is -0.147. The van der Waals surface area contributed by atoms with Gasteiger partial charge in [0.2, 0.25) is 0 Å². The van der Waals surface area contributed by atoms with Crippen LogP contribution in [0.25, 0.3) is 10.9 Å². The number of amides is 1. The van der Waals surface area contributed by atoms with Crippen LogP contribution in [0, 0.1) is 0 Å². The Kier molecular flexibility index (Phi) is 6.48. The molecule has 2 N–H and O–H groups in total. The molecule has 0 aliphatic carbocycles. The number of H-pyrrole nitrogens is 1. The molecule has 3 rings (SSSR count). The number of nitrogens with one attached hydrogen (secondary N) is 2. The highest BCUT2D eigenvalue weighted by molar-refractivity contribution is 5.94. The fourth-order valence-electron chi connectivity index (χ4n) is 3.37. The molecular formula is C23H26N2O3. The van der Waals surface area contributed by atoms with Crippen LogP contribution in [-0.4, -0.2) is 23.5 Å². The molecule has 0 atom stereocenters. The van der Waals surface area contributed by atoms with Crippen molar-refractivity contribution in [3.63, 3.8) is 0 Å². The van der Waals surface area contributed by atoms with Gasteiger partial charge in [-0.05, 0) is 42.0 Å². The number of esters is 1. The van der Waals surface area contributed by atoms with E-state index in [1.165, 1.54) is 0 Å². The highest BCUT2D eigenvalue weighted by Crippen LogP contribution is 2.22. The highest BCUT2D eigenvalue weighted by atomic mass is 16.5. The molecule has 5 nitrogen and oxygen atoms in total. The molecule has 1 heterocycles. The molecule has 0 saturated carbocycles. The lowest BCUT2D eigenvalue weighted by atomic mass is 10.0. The predicted molar refractivity (Wildman–Crippen MR) is 111 cm³/mol. The molecule has 2 aromatic carbocycles. The van der Waals surface area contributed by atoms with E-state index in [-0.39, 0.29) is 24.9 Å². The van der Waals surface area contributed by atoms with Gasteiger partial charge in [0.1, 0.15) is 0 Å². The van der Waals surface area contributed by atoms with E-state index in [0.717, 1.165) is 46.1 Å². The second-order valence-electron chi connectivity index (χ2n) is 6.73. The summed E-state index contributed by atoms with van der Waals surface area (Å²) in [5, 5.41) is 4.02. The molecule has 0 radical (unpaired) electrons. The van der Waals surface area contributed by atoms with Crippen molar-refractivity contribution in [1.82, 2.24) is 4.98 Å². The molecular weight excluding hydrogens is 352 g/mol. The van der Waals surface area contributed by atoms with E-state index in [1.54, 1.807) is 0 Å². The smallest absolute Gasteiger partial charge is 0.306 e. The van der Waals surface area contributed by atoms with E-state index in [9.17, 15) is 9.59 Å². The summed E-state index contributed by atoms with van der Waals surface area (Å²) < 4.78 is 5.17. The highest BCUT2D eigenvalue weighted by Gasteiger charge is 2.13. The van der Waals surface area contributed by atoms with Gasteiger partial charge in [0.15, 0.2) is 6.61 Å². The molecule has 0 bridgehead atoms. The number of anilines is 1. The summed E-state index contributed by atoms with van der Waals surface area (Å²) in [5.74, 6) is -0.684. The molecule has 28 heavy (non-hydrogen) atoms.